The second kappa shape index (κ2) is 4.10. The molecule has 0 saturated carbocycles. The quantitative estimate of drug-likeness (QED) is 0.856. The van der Waals surface area contributed by atoms with E-state index in [9.17, 15) is 13.6 Å². The van der Waals surface area contributed by atoms with Crippen LogP contribution in [0.25, 0.3) is 11.3 Å². The number of hydrogen-bond acceptors (Lipinski definition) is 3. The monoisotopic (exact) mass is 254 g/mol. The van der Waals surface area contributed by atoms with Gasteiger partial charge in [0, 0.05) is 12.6 Å². The minimum absolute atomic E-state index is 0.125. The number of nitrogens with zero attached hydrogens (tertiary/aromatic N) is 2. The second-order valence-electron chi connectivity index (χ2n) is 3.60. The molecule has 1 aromatic carbocycles. The van der Waals surface area contributed by atoms with Gasteiger partial charge in [-0.05, 0) is 18.2 Å². The number of rotatable bonds is 2. The van der Waals surface area contributed by atoms with Gasteiger partial charge in [0.05, 0.1) is 5.69 Å². The Labute approximate surface area is 99.9 Å². The smallest absolute Gasteiger partial charge is 0.356 e. The maximum absolute atomic E-state index is 13.7. The second-order valence-corrected chi connectivity index (χ2v) is 3.60. The molecule has 0 fully saturated rings. The fraction of sp³-hybridized carbons (Fsp3) is 0.0909. The average molecular weight is 254 g/mol. The Morgan fingerprint density at radius 2 is 2.06 bits per heavy atom. The topological polar surface area (TPSA) is 75.4 Å². The predicted molar refractivity (Wildman–Crippen MR) is 57.2 cm³/mol. The van der Waals surface area contributed by atoms with Gasteiger partial charge >= 0.3 is 5.97 Å². The minimum atomic E-state index is -1.26. The summed E-state index contributed by atoms with van der Waals surface area (Å²) in [5.41, 5.74) is -0.271. The van der Waals surface area contributed by atoms with Crippen molar-refractivity contribution in [1.82, 2.24) is 9.78 Å². The van der Waals surface area contributed by atoms with Crippen molar-refractivity contribution >= 4 is 5.97 Å². The summed E-state index contributed by atoms with van der Waals surface area (Å²) in [7, 11) is 1.42. The van der Waals surface area contributed by atoms with Crippen molar-refractivity contribution in [3.8, 4) is 17.0 Å². The molecule has 0 unspecified atom stereocenters. The Morgan fingerprint density at radius 1 is 1.39 bits per heavy atom. The molecule has 1 aromatic heterocycles. The van der Waals surface area contributed by atoms with Gasteiger partial charge in [-0.3, -0.25) is 4.68 Å². The highest BCUT2D eigenvalue weighted by molar-refractivity contribution is 5.87. The Morgan fingerprint density at radius 3 is 2.61 bits per heavy atom. The molecule has 0 aliphatic heterocycles. The maximum atomic E-state index is 13.7. The normalized spacial score (nSPS) is 10.6. The van der Waals surface area contributed by atoms with E-state index in [1.54, 1.807) is 0 Å². The molecule has 0 atom stereocenters. The summed E-state index contributed by atoms with van der Waals surface area (Å²) < 4.78 is 27.7. The number of carbonyl (C=O) groups is 1. The fourth-order valence-electron chi connectivity index (χ4n) is 1.56. The first kappa shape index (κ1) is 12.0. The van der Waals surface area contributed by atoms with Crippen LogP contribution in [0.15, 0.2) is 18.2 Å². The number of carboxylic acid groups (broad SMARTS) is 1. The summed E-state index contributed by atoms with van der Waals surface area (Å²) in [6.07, 6.45) is 0. The lowest BCUT2D eigenvalue weighted by molar-refractivity contribution is 0.0689. The molecule has 0 aliphatic rings. The van der Waals surface area contributed by atoms with E-state index in [0.717, 1.165) is 22.9 Å². The Kier molecular flexibility index (Phi) is 2.74. The minimum Gasteiger partial charge on any atom is -0.503 e. The van der Waals surface area contributed by atoms with Crippen molar-refractivity contribution < 1.29 is 23.8 Å². The lowest BCUT2D eigenvalue weighted by Crippen LogP contribution is -1.99. The molecule has 0 spiro atoms. The number of aryl methyl sites for hydroxylation is 1. The van der Waals surface area contributed by atoms with Crippen LogP contribution in [0.2, 0.25) is 0 Å². The lowest BCUT2D eigenvalue weighted by Gasteiger charge is -2.05. The number of aromatic nitrogens is 2. The average Bonchev–Trinajstić information content (AvgIpc) is 2.69. The van der Waals surface area contributed by atoms with E-state index in [2.05, 4.69) is 5.10 Å². The van der Waals surface area contributed by atoms with Crippen LogP contribution < -0.4 is 0 Å². The molecule has 94 valence electrons. The summed E-state index contributed by atoms with van der Waals surface area (Å²) in [4.78, 5) is 10.7. The molecule has 2 rings (SSSR count). The van der Waals surface area contributed by atoms with E-state index in [1.807, 2.05) is 0 Å². The van der Waals surface area contributed by atoms with Crippen LogP contribution in [0, 0.1) is 11.6 Å². The molecule has 18 heavy (non-hydrogen) atoms. The zero-order valence-electron chi connectivity index (χ0n) is 9.19. The molecule has 0 radical (unpaired) electrons. The third-order valence-corrected chi connectivity index (χ3v) is 2.44. The number of benzene rings is 1. The predicted octanol–water partition coefficient (Wildman–Crippen LogP) is 1.77. The summed E-state index contributed by atoms with van der Waals surface area (Å²) in [5, 5.41) is 21.6. The number of aromatic hydroxyl groups is 1. The third-order valence-electron chi connectivity index (χ3n) is 2.44. The molecule has 1 heterocycles. The molecule has 0 aliphatic carbocycles. The lowest BCUT2D eigenvalue weighted by atomic mass is 10.1. The van der Waals surface area contributed by atoms with Gasteiger partial charge in [0.25, 0.3) is 0 Å². The molecular formula is C11H8F2N2O3. The van der Waals surface area contributed by atoms with Crippen LogP contribution in [-0.4, -0.2) is 26.0 Å². The summed E-state index contributed by atoms with van der Waals surface area (Å²) >= 11 is 0. The van der Waals surface area contributed by atoms with Crippen LogP contribution >= 0.6 is 0 Å². The van der Waals surface area contributed by atoms with Crippen LogP contribution in [0.3, 0.4) is 0 Å². The van der Waals surface area contributed by atoms with E-state index < -0.39 is 23.4 Å². The van der Waals surface area contributed by atoms with E-state index in [-0.39, 0.29) is 17.0 Å². The van der Waals surface area contributed by atoms with Crippen molar-refractivity contribution in [3.63, 3.8) is 0 Å². The van der Waals surface area contributed by atoms with Crippen LogP contribution in [0.4, 0.5) is 8.78 Å². The number of carboxylic acids is 1. The highest BCUT2D eigenvalue weighted by Crippen LogP contribution is 2.30. The number of phenols is 1. The van der Waals surface area contributed by atoms with Crippen LogP contribution in [0.5, 0.6) is 5.75 Å². The van der Waals surface area contributed by atoms with E-state index in [4.69, 9.17) is 10.2 Å². The Bertz CT molecular complexity index is 637. The highest BCUT2D eigenvalue weighted by Gasteiger charge is 2.19. The zero-order chi connectivity index (χ0) is 13.4. The first-order valence-electron chi connectivity index (χ1n) is 4.86. The van der Waals surface area contributed by atoms with Gasteiger partial charge in [-0.25, -0.2) is 13.6 Å². The molecule has 2 aromatic rings. The third kappa shape index (κ3) is 1.79. The van der Waals surface area contributed by atoms with Gasteiger partial charge < -0.3 is 10.2 Å². The van der Waals surface area contributed by atoms with E-state index in [0.29, 0.717) is 0 Å². The summed E-state index contributed by atoms with van der Waals surface area (Å²) in [6, 6.07) is 3.13. The van der Waals surface area contributed by atoms with Crippen molar-refractivity contribution in [1.29, 1.82) is 0 Å². The molecule has 0 amide bonds. The van der Waals surface area contributed by atoms with Gasteiger partial charge in [0.15, 0.2) is 23.1 Å². The molecule has 5 nitrogen and oxygen atoms in total. The van der Waals surface area contributed by atoms with Crippen molar-refractivity contribution in [2.75, 3.05) is 0 Å². The Balaban J connectivity index is 2.62. The largest absolute Gasteiger partial charge is 0.503 e. The molecule has 7 heteroatoms. The number of hydrogen-bond donors (Lipinski definition) is 2. The first-order chi connectivity index (χ1) is 8.41. The summed E-state index contributed by atoms with van der Waals surface area (Å²) in [5.74, 6) is -4.61. The number of aromatic carboxylic acids is 1. The fourth-order valence-corrected chi connectivity index (χ4v) is 1.56. The maximum Gasteiger partial charge on any atom is 0.356 e. The van der Waals surface area contributed by atoms with Crippen LogP contribution in [0.1, 0.15) is 10.5 Å². The van der Waals surface area contributed by atoms with E-state index >= 15 is 0 Å². The van der Waals surface area contributed by atoms with E-state index in [1.165, 1.54) is 7.05 Å². The zero-order valence-corrected chi connectivity index (χ0v) is 9.19. The van der Waals surface area contributed by atoms with Crippen molar-refractivity contribution in [3.05, 3.63) is 35.5 Å². The molecule has 2 N–H and O–H groups in total. The summed E-state index contributed by atoms with van der Waals surface area (Å²) in [6.45, 7) is 0. The van der Waals surface area contributed by atoms with Gasteiger partial charge in [-0.1, -0.05) is 0 Å². The highest BCUT2D eigenvalue weighted by atomic mass is 19.1. The SMILES string of the molecule is Cn1nc(C(=O)O)cc1-c1ccc(F)c(O)c1F. The van der Waals surface area contributed by atoms with Crippen LogP contribution in [-0.2, 0) is 7.05 Å². The number of halogens is 2. The van der Waals surface area contributed by atoms with Gasteiger partial charge in [0.1, 0.15) is 0 Å². The molecular weight excluding hydrogens is 246 g/mol. The van der Waals surface area contributed by atoms with Gasteiger partial charge in [-0.2, -0.15) is 5.10 Å². The number of phenolic OH excluding ortho intramolecular Hbond substituents is 1. The molecule has 0 bridgehead atoms. The van der Waals surface area contributed by atoms with Crippen molar-refractivity contribution in [2.45, 2.75) is 0 Å². The van der Waals surface area contributed by atoms with Gasteiger partial charge in [0.2, 0.25) is 0 Å². The first-order valence-corrected chi connectivity index (χ1v) is 4.86. The van der Waals surface area contributed by atoms with Crippen molar-refractivity contribution in [2.24, 2.45) is 7.05 Å². The Hall–Kier alpha value is -2.44. The van der Waals surface area contributed by atoms with Gasteiger partial charge in [-0.15, -0.1) is 0 Å². The molecule has 0 saturated heterocycles. The standard InChI is InChI=1S/C11H8F2N2O3/c1-15-8(4-7(14-15)11(17)18)5-2-3-6(12)10(16)9(5)13/h2-4,16H,1H3,(H,17,18).